The Morgan fingerprint density at radius 3 is 2.61 bits per heavy atom. The number of alkyl carbamates (subject to hydrolysis) is 1. The number of aromatic nitrogens is 1. The van der Waals surface area contributed by atoms with E-state index in [0.717, 1.165) is 41.8 Å². The molecule has 1 aromatic heterocycles. The zero-order valence-corrected chi connectivity index (χ0v) is 18.7. The summed E-state index contributed by atoms with van der Waals surface area (Å²) in [5.41, 5.74) is 3.01. The van der Waals surface area contributed by atoms with Gasteiger partial charge in [0.2, 0.25) is 0 Å². The number of carbonyl (C=O) groups is 2. The topological polar surface area (TPSA) is 71.5 Å². The molecule has 2 amide bonds. The summed E-state index contributed by atoms with van der Waals surface area (Å²) in [5.74, 6) is 0.750. The van der Waals surface area contributed by atoms with Gasteiger partial charge in [0.1, 0.15) is 5.60 Å². The number of benzene rings is 1. The summed E-state index contributed by atoms with van der Waals surface area (Å²) in [7, 11) is 0. The number of ether oxygens (including phenoxy) is 1. The van der Waals surface area contributed by atoms with Crippen LogP contribution in [-0.4, -0.2) is 46.6 Å². The van der Waals surface area contributed by atoms with Crippen LogP contribution in [0.1, 0.15) is 49.5 Å². The van der Waals surface area contributed by atoms with E-state index >= 15 is 0 Å². The third kappa shape index (κ3) is 4.58. The van der Waals surface area contributed by atoms with Gasteiger partial charge in [0, 0.05) is 42.4 Å². The molecule has 3 atom stereocenters. The maximum Gasteiger partial charge on any atom is 0.407 e. The first kappa shape index (κ1) is 21.3. The van der Waals surface area contributed by atoms with Crippen LogP contribution in [0.25, 0.3) is 11.3 Å². The molecule has 0 unspecified atom stereocenters. The largest absolute Gasteiger partial charge is 0.444 e. The fourth-order valence-electron chi connectivity index (χ4n) is 4.91. The predicted octanol–water partition coefficient (Wildman–Crippen LogP) is 4.43. The van der Waals surface area contributed by atoms with E-state index in [9.17, 15) is 9.59 Å². The van der Waals surface area contributed by atoms with Crippen molar-refractivity contribution in [2.45, 2.75) is 52.2 Å². The van der Waals surface area contributed by atoms with Gasteiger partial charge in [-0.15, -0.1) is 0 Å². The van der Waals surface area contributed by atoms with E-state index in [1.165, 1.54) is 0 Å². The van der Waals surface area contributed by atoms with E-state index in [4.69, 9.17) is 4.74 Å². The van der Waals surface area contributed by atoms with E-state index in [0.29, 0.717) is 12.5 Å². The second kappa shape index (κ2) is 8.33. The average molecular weight is 422 g/mol. The zero-order valence-electron chi connectivity index (χ0n) is 18.7. The molecule has 1 saturated heterocycles. The summed E-state index contributed by atoms with van der Waals surface area (Å²) in [5, 5.41) is 3.04. The molecule has 1 saturated carbocycles. The standard InChI is InChI=1S/C25H31N3O3/c1-16-18(21-10-5-6-13-26-21)8-7-9-19(16)23(29)28-14-17-11-12-22(20(17)15-28)27-24(30)31-25(2,3)4/h5-10,13,17,20,22H,11-12,14-15H2,1-4H3,(H,27,30)/t17-,20+,22-/m0/s1. The Bertz CT molecular complexity index is 968. The Labute approximate surface area is 184 Å². The lowest BCUT2D eigenvalue weighted by molar-refractivity contribution is 0.0491. The molecule has 1 N–H and O–H groups in total. The first-order valence-corrected chi connectivity index (χ1v) is 11.0. The van der Waals surface area contributed by atoms with Gasteiger partial charge < -0.3 is 15.0 Å². The van der Waals surface area contributed by atoms with Crippen molar-refractivity contribution in [1.82, 2.24) is 15.2 Å². The molecule has 2 aromatic rings. The summed E-state index contributed by atoms with van der Waals surface area (Å²) in [4.78, 5) is 32.0. The minimum atomic E-state index is -0.518. The monoisotopic (exact) mass is 421 g/mol. The summed E-state index contributed by atoms with van der Waals surface area (Å²) in [6.07, 6.45) is 3.34. The number of rotatable bonds is 3. The molecule has 1 aliphatic heterocycles. The van der Waals surface area contributed by atoms with Crippen molar-refractivity contribution >= 4 is 12.0 Å². The molecule has 164 valence electrons. The van der Waals surface area contributed by atoms with E-state index in [1.807, 2.05) is 69.0 Å². The van der Waals surface area contributed by atoms with Crippen LogP contribution in [0.2, 0.25) is 0 Å². The highest BCUT2D eigenvalue weighted by Crippen LogP contribution is 2.39. The maximum absolute atomic E-state index is 13.4. The number of nitrogens with zero attached hydrogens (tertiary/aromatic N) is 2. The van der Waals surface area contributed by atoms with Gasteiger partial charge in [0.25, 0.3) is 5.91 Å². The van der Waals surface area contributed by atoms with Crippen molar-refractivity contribution in [3.63, 3.8) is 0 Å². The highest BCUT2D eigenvalue weighted by Gasteiger charge is 2.45. The minimum absolute atomic E-state index is 0.0543. The summed E-state index contributed by atoms with van der Waals surface area (Å²) >= 11 is 0. The quantitative estimate of drug-likeness (QED) is 0.796. The van der Waals surface area contributed by atoms with Crippen molar-refractivity contribution in [3.05, 3.63) is 53.7 Å². The number of carbonyl (C=O) groups excluding carboxylic acids is 2. The van der Waals surface area contributed by atoms with Crippen LogP contribution in [0.15, 0.2) is 42.6 Å². The molecule has 2 heterocycles. The van der Waals surface area contributed by atoms with Crippen molar-refractivity contribution in [3.8, 4) is 11.3 Å². The second-order valence-corrected chi connectivity index (χ2v) is 9.66. The van der Waals surface area contributed by atoms with Crippen LogP contribution in [0.3, 0.4) is 0 Å². The van der Waals surface area contributed by atoms with Crippen molar-refractivity contribution in [2.24, 2.45) is 11.8 Å². The van der Waals surface area contributed by atoms with Crippen LogP contribution in [-0.2, 0) is 4.74 Å². The Morgan fingerprint density at radius 2 is 1.90 bits per heavy atom. The van der Waals surface area contributed by atoms with Crippen molar-refractivity contribution < 1.29 is 14.3 Å². The Kier molecular flexibility index (Phi) is 5.73. The Hall–Kier alpha value is -2.89. The molecule has 2 aliphatic rings. The van der Waals surface area contributed by atoms with Gasteiger partial charge in [-0.2, -0.15) is 0 Å². The SMILES string of the molecule is Cc1c(C(=O)N2C[C@@H]3CC[C@H](NC(=O)OC(C)(C)C)[C@@H]3C2)cccc1-c1ccccn1. The molecule has 0 bridgehead atoms. The molecule has 6 nitrogen and oxygen atoms in total. The number of amides is 2. The number of hydrogen-bond donors (Lipinski definition) is 1. The molecule has 0 spiro atoms. The lowest BCUT2D eigenvalue weighted by Crippen LogP contribution is -2.42. The van der Waals surface area contributed by atoms with Crippen LogP contribution in [0, 0.1) is 18.8 Å². The minimum Gasteiger partial charge on any atom is -0.444 e. The van der Waals surface area contributed by atoms with Crippen molar-refractivity contribution in [2.75, 3.05) is 13.1 Å². The van der Waals surface area contributed by atoms with E-state index in [-0.39, 0.29) is 24.0 Å². The van der Waals surface area contributed by atoms with Gasteiger partial charge in [-0.25, -0.2) is 4.79 Å². The lowest BCUT2D eigenvalue weighted by Gasteiger charge is -2.25. The van der Waals surface area contributed by atoms with E-state index in [2.05, 4.69) is 10.3 Å². The number of nitrogens with one attached hydrogen (secondary N) is 1. The first-order valence-electron chi connectivity index (χ1n) is 11.0. The molecule has 6 heteroatoms. The maximum atomic E-state index is 13.4. The van der Waals surface area contributed by atoms with Crippen LogP contribution in [0.4, 0.5) is 4.79 Å². The van der Waals surface area contributed by atoms with Crippen LogP contribution < -0.4 is 5.32 Å². The fourth-order valence-corrected chi connectivity index (χ4v) is 4.91. The molecule has 4 rings (SSSR count). The van der Waals surface area contributed by atoms with Crippen molar-refractivity contribution in [1.29, 1.82) is 0 Å². The molecule has 31 heavy (non-hydrogen) atoms. The molecular formula is C25H31N3O3. The van der Waals surface area contributed by atoms with Gasteiger partial charge in [-0.05, 0) is 70.2 Å². The molecule has 0 radical (unpaired) electrons. The van der Waals surface area contributed by atoms with Gasteiger partial charge >= 0.3 is 6.09 Å². The van der Waals surface area contributed by atoms with Gasteiger partial charge in [0.15, 0.2) is 0 Å². The van der Waals surface area contributed by atoms with Crippen LogP contribution in [0.5, 0.6) is 0 Å². The highest BCUT2D eigenvalue weighted by molar-refractivity contribution is 5.97. The molecular weight excluding hydrogens is 390 g/mol. The lowest BCUT2D eigenvalue weighted by atomic mass is 9.98. The summed E-state index contributed by atoms with van der Waals surface area (Å²) in [6.45, 7) is 8.98. The Morgan fingerprint density at radius 1 is 1.10 bits per heavy atom. The average Bonchev–Trinajstić information content (AvgIpc) is 3.29. The Balaban J connectivity index is 1.46. The third-order valence-corrected chi connectivity index (χ3v) is 6.35. The summed E-state index contributed by atoms with van der Waals surface area (Å²) in [6, 6.07) is 11.7. The van der Waals surface area contributed by atoms with Crippen LogP contribution >= 0.6 is 0 Å². The number of fused-ring (bicyclic) bond motifs is 1. The predicted molar refractivity (Wildman–Crippen MR) is 120 cm³/mol. The van der Waals surface area contributed by atoms with Gasteiger partial charge in [-0.1, -0.05) is 18.2 Å². The first-order chi connectivity index (χ1) is 14.7. The number of pyridine rings is 1. The molecule has 1 aromatic carbocycles. The fraction of sp³-hybridized carbons (Fsp3) is 0.480. The molecule has 1 aliphatic carbocycles. The molecule has 2 fully saturated rings. The van der Waals surface area contributed by atoms with E-state index < -0.39 is 5.60 Å². The number of hydrogen-bond acceptors (Lipinski definition) is 4. The second-order valence-electron chi connectivity index (χ2n) is 9.66. The van der Waals surface area contributed by atoms with Gasteiger partial charge in [0.05, 0.1) is 5.69 Å². The van der Waals surface area contributed by atoms with E-state index in [1.54, 1.807) is 6.20 Å². The smallest absolute Gasteiger partial charge is 0.407 e. The summed E-state index contributed by atoms with van der Waals surface area (Å²) < 4.78 is 5.43. The normalized spacial score (nSPS) is 22.8. The number of likely N-dealkylation sites (tertiary alicyclic amines) is 1. The highest BCUT2D eigenvalue weighted by atomic mass is 16.6. The van der Waals surface area contributed by atoms with Gasteiger partial charge in [-0.3, -0.25) is 9.78 Å². The zero-order chi connectivity index (χ0) is 22.2. The third-order valence-electron chi connectivity index (χ3n) is 6.35.